The first-order valence-electron chi connectivity index (χ1n) is 11.9. The van der Waals surface area contributed by atoms with Crippen LogP contribution in [0, 0.1) is 0 Å². The van der Waals surface area contributed by atoms with Crippen molar-refractivity contribution in [1.29, 1.82) is 0 Å². The maximum atomic E-state index is 13.7. The van der Waals surface area contributed by atoms with Gasteiger partial charge in [0.05, 0.1) is 17.1 Å². The number of piperazine rings is 1. The second kappa shape index (κ2) is 10.5. The summed E-state index contributed by atoms with van der Waals surface area (Å²) in [5, 5.41) is 9.07. The molecule has 2 aliphatic rings. The van der Waals surface area contributed by atoms with Gasteiger partial charge in [-0.25, -0.2) is 4.98 Å². The molecule has 0 saturated carbocycles. The number of benzene rings is 2. The molecule has 1 amide bonds. The number of aromatic nitrogens is 2. The molecule has 38 heavy (non-hydrogen) atoms. The predicted molar refractivity (Wildman–Crippen MR) is 137 cm³/mol. The predicted octanol–water partition coefficient (Wildman–Crippen LogP) is 4.80. The number of carbonyl (C=O) groups is 1. The van der Waals surface area contributed by atoms with Gasteiger partial charge in [0.15, 0.2) is 5.82 Å². The summed E-state index contributed by atoms with van der Waals surface area (Å²) in [6, 6.07) is 7.83. The molecule has 0 radical (unpaired) electrons. The van der Waals surface area contributed by atoms with Gasteiger partial charge in [-0.05, 0) is 43.3 Å². The minimum Gasteiger partial charge on any atom is -0.483 e. The number of nitrogens with one attached hydrogen (secondary N) is 3. The highest BCUT2D eigenvalue weighted by Gasteiger charge is 2.32. The molecule has 1 aromatic heterocycles. The summed E-state index contributed by atoms with van der Waals surface area (Å²) in [5.74, 6) is 0.365. The minimum absolute atomic E-state index is 0.0153. The van der Waals surface area contributed by atoms with Crippen LogP contribution < -0.4 is 30.3 Å². The standard InChI is InChI=1S/C25H24ClF3N6O3/c1-14-12-30-4-6-35(14)18-10-16(25(27,28)29)9-17(11-18)34-23(36)15-2-3-19(26)20(8-15)38-24-21-22(32-13-33-24)31-5-7-37-21/h2-3,8-11,13-14,30H,4-7,12H2,1H3,(H,34,36)(H,31,32,33)/t14-/m1/s1. The molecule has 1 atom stereocenters. The normalized spacial score (nSPS) is 17.2. The van der Waals surface area contributed by atoms with Gasteiger partial charge in [-0.15, -0.1) is 0 Å². The third kappa shape index (κ3) is 5.55. The molecule has 1 fully saturated rings. The number of hydrogen-bond acceptors (Lipinski definition) is 8. The van der Waals surface area contributed by atoms with Gasteiger partial charge in [0, 0.05) is 42.6 Å². The van der Waals surface area contributed by atoms with E-state index in [9.17, 15) is 18.0 Å². The summed E-state index contributed by atoms with van der Waals surface area (Å²) in [5.41, 5.74) is -0.321. The largest absolute Gasteiger partial charge is 0.483 e. The smallest absolute Gasteiger partial charge is 0.416 e. The summed E-state index contributed by atoms with van der Waals surface area (Å²) < 4.78 is 52.5. The number of nitrogens with zero attached hydrogens (tertiary/aromatic N) is 3. The highest BCUT2D eigenvalue weighted by molar-refractivity contribution is 6.32. The Hall–Kier alpha value is -3.77. The van der Waals surface area contributed by atoms with Crippen LogP contribution >= 0.6 is 11.6 Å². The van der Waals surface area contributed by atoms with Crippen molar-refractivity contribution in [3.63, 3.8) is 0 Å². The molecule has 1 saturated heterocycles. The molecule has 3 N–H and O–H groups in total. The summed E-state index contributed by atoms with van der Waals surface area (Å²) >= 11 is 6.29. The molecule has 3 aromatic rings. The summed E-state index contributed by atoms with van der Waals surface area (Å²) in [6.45, 7) is 4.72. The SMILES string of the molecule is C[C@@H]1CNCCN1c1cc(NC(=O)c2ccc(Cl)c(Oc3ncnc4c3OCCN4)c2)cc(C(F)(F)F)c1. The number of alkyl halides is 3. The lowest BCUT2D eigenvalue weighted by molar-refractivity contribution is -0.137. The van der Waals surface area contributed by atoms with Crippen molar-refractivity contribution in [1.82, 2.24) is 15.3 Å². The van der Waals surface area contributed by atoms with Crippen LogP contribution in [0.25, 0.3) is 0 Å². The topological polar surface area (TPSA) is 101 Å². The van der Waals surface area contributed by atoms with Gasteiger partial charge in [-0.2, -0.15) is 18.2 Å². The van der Waals surface area contributed by atoms with Gasteiger partial charge in [0.25, 0.3) is 11.8 Å². The Bertz CT molecular complexity index is 1360. The van der Waals surface area contributed by atoms with E-state index in [4.69, 9.17) is 21.1 Å². The highest BCUT2D eigenvalue weighted by atomic mass is 35.5. The maximum absolute atomic E-state index is 13.7. The average Bonchev–Trinajstić information content (AvgIpc) is 2.89. The molecule has 13 heteroatoms. The van der Waals surface area contributed by atoms with Crippen LogP contribution in [0.15, 0.2) is 42.7 Å². The van der Waals surface area contributed by atoms with E-state index in [1.165, 1.54) is 24.5 Å². The van der Waals surface area contributed by atoms with Crippen molar-refractivity contribution in [2.75, 3.05) is 48.3 Å². The lowest BCUT2D eigenvalue weighted by atomic mass is 10.1. The number of hydrogen-bond donors (Lipinski definition) is 3. The lowest BCUT2D eigenvalue weighted by Crippen LogP contribution is -2.50. The summed E-state index contributed by atoms with van der Waals surface area (Å²) in [4.78, 5) is 23.2. The number of amides is 1. The fourth-order valence-electron chi connectivity index (χ4n) is 4.28. The van der Waals surface area contributed by atoms with E-state index in [2.05, 4.69) is 25.9 Å². The second-order valence-corrected chi connectivity index (χ2v) is 9.25. The number of rotatable bonds is 5. The fraction of sp³-hybridized carbons (Fsp3) is 0.320. The van der Waals surface area contributed by atoms with E-state index in [0.29, 0.717) is 50.0 Å². The number of halogens is 4. The van der Waals surface area contributed by atoms with Crippen LogP contribution in [0.4, 0.5) is 30.4 Å². The first-order valence-corrected chi connectivity index (χ1v) is 12.3. The molecular weight excluding hydrogens is 525 g/mol. The van der Waals surface area contributed by atoms with Gasteiger partial charge in [0.2, 0.25) is 5.75 Å². The molecular formula is C25H24ClF3N6O3. The molecule has 0 spiro atoms. The molecule has 2 aromatic carbocycles. The number of fused-ring (bicyclic) bond motifs is 1. The number of anilines is 3. The maximum Gasteiger partial charge on any atom is 0.416 e. The molecule has 0 unspecified atom stereocenters. The Morgan fingerprint density at radius 3 is 2.84 bits per heavy atom. The Balaban J connectivity index is 1.41. The zero-order valence-electron chi connectivity index (χ0n) is 20.2. The molecule has 5 rings (SSSR count). The first-order chi connectivity index (χ1) is 18.2. The van der Waals surface area contributed by atoms with Crippen LogP contribution in [0.3, 0.4) is 0 Å². The van der Waals surface area contributed by atoms with Crippen LogP contribution in [0.5, 0.6) is 17.4 Å². The Morgan fingerprint density at radius 2 is 2.05 bits per heavy atom. The molecule has 0 bridgehead atoms. The Labute approximate surface area is 221 Å². The number of carbonyl (C=O) groups excluding carboxylic acids is 1. The van der Waals surface area contributed by atoms with Gasteiger partial charge >= 0.3 is 6.18 Å². The van der Waals surface area contributed by atoms with Crippen molar-refractivity contribution in [3.05, 3.63) is 58.9 Å². The van der Waals surface area contributed by atoms with E-state index >= 15 is 0 Å². The second-order valence-electron chi connectivity index (χ2n) is 8.85. The Kier molecular flexibility index (Phi) is 7.17. The lowest BCUT2D eigenvalue weighted by Gasteiger charge is -2.36. The van der Waals surface area contributed by atoms with E-state index in [1.54, 1.807) is 6.07 Å². The molecule has 0 aliphatic carbocycles. The van der Waals surface area contributed by atoms with Gasteiger partial charge in [-0.3, -0.25) is 4.79 Å². The quantitative estimate of drug-likeness (QED) is 0.418. The molecule has 2 aliphatic heterocycles. The van der Waals surface area contributed by atoms with E-state index in [1.807, 2.05) is 11.8 Å². The van der Waals surface area contributed by atoms with Crippen LogP contribution in [-0.2, 0) is 6.18 Å². The molecule has 200 valence electrons. The van der Waals surface area contributed by atoms with Crippen LogP contribution in [-0.4, -0.2) is 54.7 Å². The van der Waals surface area contributed by atoms with E-state index in [0.717, 1.165) is 12.1 Å². The van der Waals surface area contributed by atoms with Gasteiger partial charge in [-0.1, -0.05) is 11.6 Å². The van der Waals surface area contributed by atoms with Gasteiger partial charge in [0.1, 0.15) is 18.7 Å². The third-order valence-electron chi connectivity index (χ3n) is 6.15. The van der Waals surface area contributed by atoms with Crippen molar-refractivity contribution in [3.8, 4) is 17.4 Å². The van der Waals surface area contributed by atoms with Crippen molar-refractivity contribution in [2.24, 2.45) is 0 Å². The average molecular weight is 549 g/mol. The molecule has 9 nitrogen and oxygen atoms in total. The Morgan fingerprint density at radius 1 is 1.21 bits per heavy atom. The van der Waals surface area contributed by atoms with Gasteiger partial charge < -0.3 is 30.3 Å². The third-order valence-corrected chi connectivity index (χ3v) is 6.46. The number of ether oxygens (including phenoxy) is 2. The van der Waals surface area contributed by atoms with Crippen molar-refractivity contribution >= 4 is 34.7 Å². The van der Waals surface area contributed by atoms with Crippen molar-refractivity contribution < 1.29 is 27.4 Å². The van der Waals surface area contributed by atoms with Crippen LogP contribution in [0.2, 0.25) is 5.02 Å². The summed E-state index contributed by atoms with van der Waals surface area (Å²) in [6.07, 6.45) is -3.29. The van der Waals surface area contributed by atoms with E-state index in [-0.39, 0.29) is 33.9 Å². The summed E-state index contributed by atoms with van der Waals surface area (Å²) in [7, 11) is 0. The monoisotopic (exact) mass is 548 g/mol. The van der Waals surface area contributed by atoms with E-state index < -0.39 is 17.6 Å². The minimum atomic E-state index is -4.58. The zero-order chi connectivity index (χ0) is 26.9. The first kappa shape index (κ1) is 25.9. The fourth-order valence-corrected chi connectivity index (χ4v) is 4.43. The van der Waals surface area contributed by atoms with Crippen LogP contribution in [0.1, 0.15) is 22.8 Å². The van der Waals surface area contributed by atoms with Crippen molar-refractivity contribution in [2.45, 2.75) is 19.1 Å². The molecule has 3 heterocycles. The highest BCUT2D eigenvalue weighted by Crippen LogP contribution is 2.39. The zero-order valence-corrected chi connectivity index (χ0v) is 21.0.